The topological polar surface area (TPSA) is 151 Å². The third-order valence-corrected chi connectivity index (χ3v) is 12.5. The van der Waals surface area contributed by atoms with Crippen LogP contribution in [0.1, 0.15) is 68.9 Å². The zero-order valence-corrected chi connectivity index (χ0v) is 33.0. The smallest absolute Gasteiger partial charge is 0.407 e. The van der Waals surface area contributed by atoms with E-state index in [2.05, 4.69) is 69.1 Å². The van der Waals surface area contributed by atoms with Gasteiger partial charge in [-0.15, -0.1) is 0 Å². The van der Waals surface area contributed by atoms with E-state index in [4.69, 9.17) is 19.5 Å². The van der Waals surface area contributed by atoms with E-state index in [1.807, 2.05) is 32.2 Å². The van der Waals surface area contributed by atoms with Gasteiger partial charge in [-0.1, -0.05) is 68.4 Å². The first-order valence-electron chi connectivity index (χ1n) is 20.1. The second kappa shape index (κ2) is 16.5. The summed E-state index contributed by atoms with van der Waals surface area (Å²) >= 11 is 0. The lowest BCUT2D eigenvalue weighted by Crippen LogP contribution is -2.51. The van der Waals surface area contributed by atoms with Gasteiger partial charge in [0.1, 0.15) is 11.9 Å². The first-order chi connectivity index (χ1) is 27.7. The van der Waals surface area contributed by atoms with Gasteiger partial charge < -0.3 is 30.0 Å². The molecule has 2 aliphatic heterocycles. The molecule has 0 radical (unpaired) electrons. The van der Waals surface area contributed by atoms with Gasteiger partial charge in [0.05, 0.1) is 31.1 Å². The van der Waals surface area contributed by atoms with E-state index in [9.17, 15) is 14.4 Å². The summed E-state index contributed by atoms with van der Waals surface area (Å²) in [6.45, 7) is 4.68. The average molecular weight is 770 g/mol. The van der Waals surface area contributed by atoms with Gasteiger partial charge in [-0.2, -0.15) is 0 Å². The number of pyridine rings is 1. The number of amides is 3. The summed E-state index contributed by atoms with van der Waals surface area (Å²) in [4.78, 5) is 58.4. The number of allylic oxidation sites excluding steroid dienone is 1. The normalized spacial score (nSPS) is 24.3. The van der Waals surface area contributed by atoms with E-state index in [-0.39, 0.29) is 41.7 Å². The number of likely N-dealkylation sites (tertiary alicyclic amines) is 1. The molecule has 3 amide bonds. The lowest BCUT2D eigenvalue weighted by atomic mass is 9.75. The molecule has 2 aromatic heterocycles. The van der Waals surface area contributed by atoms with Crippen molar-refractivity contribution in [3.63, 3.8) is 0 Å². The Morgan fingerprint density at radius 1 is 0.912 bits per heavy atom. The Kier molecular flexibility index (Phi) is 11.1. The molecule has 1 saturated heterocycles. The quantitative estimate of drug-likeness (QED) is 0.141. The number of fused-ring (bicyclic) bond motifs is 2. The van der Waals surface area contributed by atoms with Crippen LogP contribution >= 0.6 is 0 Å². The molecule has 2 saturated carbocycles. The van der Waals surface area contributed by atoms with Crippen molar-refractivity contribution in [3.8, 4) is 22.4 Å². The van der Waals surface area contributed by atoms with E-state index in [1.165, 1.54) is 19.1 Å². The Labute approximate surface area is 333 Å². The van der Waals surface area contributed by atoms with Crippen molar-refractivity contribution < 1.29 is 23.9 Å². The number of benzene rings is 2. The van der Waals surface area contributed by atoms with Gasteiger partial charge in [-0.05, 0) is 76.5 Å². The number of H-pyrrole nitrogens is 1. The molecule has 12 nitrogen and oxygen atoms in total. The maximum Gasteiger partial charge on any atom is 0.407 e. The van der Waals surface area contributed by atoms with Crippen LogP contribution in [0, 0.1) is 29.6 Å². The highest BCUT2D eigenvalue weighted by molar-refractivity contribution is 6.02. The van der Waals surface area contributed by atoms with Crippen molar-refractivity contribution in [2.24, 2.45) is 34.6 Å². The van der Waals surface area contributed by atoms with Crippen molar-refractivity contribution in [2.75, 3.05) is 20.8 Å². The predicted molar refractivity (Wildman–Crippen MR) is 217 cm³/mol. The molecule has 8 rings (SSSR count). The van der Waals surface area contributed by atoms with Crippen molar-refractivity contribution >= 4 is 29.2 Å². The molecule has 4 aromatic rings. The maximum atomic E-state index is 13.7. The number of nitrogens with zero attached hydrogens (tertiary/aromatic N) is 4. The van der Waals surface area contributed by atoms with Crippen molar-refractivity contribution in [1.29, 1.82) is 0 Å². The molecule has 0 spiro atoms. The molecule has 2 unspecified atom stereocenters. The Bertz CT molecular complexity index is 2150. The van der Waals surface area contributed by atoms with Gasteiger partial charge in [0, 0.05) is 69.2 Å². The van der Waals surface area contributed by atoms with Crippen molar-refractivity contribution in [1.82, 2.24) is 30.5 Å². The van der Waals surface area contributed by atoms with Crippen LogP contribution in [0.2, 0.25) is 0 Å². The molecule has 12 heteroatoms. The number of carbonyl (C=O) groups excluding carboxylic acids is 3. The highest BCUT2D eigenvalue weighted by Crippen LogP contribution is 2.54. The van der Waals surface area contributed by atoms with Crippen LogP contribution < -0.4 is 10.6 Å². The molecule has 2 bridgehead atoms. The number of nitrogens with one attached hydrogen (secondary N) is 3. The number of imidazole rings is 1. The summed E-state index contributed by atoms with van der Waals surface area (Å²) in [6, 6.07) is 19.8. The lowest BCUT2D eigenvalue weighted by molar-refractivity contribution is -0.136. The van der Waals surface area contributed by atoms with Crippen LogP contribution in [0.4, 0.5) is 4.79 Å². The molecule has 3 N–H and O–H groups in total. The molecule has 4 heterocycles. The summed E-state index contributed by atoms with van der Waals surface area (Å²) in [5.74, 6) is 1.62. The number of alkyl carbamates (subject to hydrolysis) is 1. The molecular weight excluding hydrogens is 719 g/mol. The van der Waals surface area contributed by atoms with E-state index in [0.717, 1.165) is 58.5 Å². The number of aliphatic imine (C=N–C) groups is 1. The van der Waals surface area contributed by atoms with Crippen LogP contribution in [0.3, 0.4) is 0 Å². The Balaban J connectivity index is 0.901. The largest absolute Gasteiger partial charge is 0.453 e. The number of rotatable bonds is 12. The average Bonchev–Trinajstić information content (AvgIpc) is 4.10. The fourth-order valence-corrected chi connectivity index (χ4v) is 9.51. The third kappa shape index (κ3) is 7.87. The van der Waals surface area contributed by atoms with E-state index in [1.54, 1.807) is 30.6 Å². The minimum atomic E-state index is -0.740. The van der Waals surface area contributed by atoms with Gasteiger partial charge in [0.25, 0.3) is 0 Å². The second-order valence-electron chi connectivity index (χ2n) is 16.2. The number of methoxy groups -OCH3 is 2. The van der Waals surface area contributed by atoms with Crippen LogP contribution in [0.5, 0.6) is 0 Å². The van der Waals surface area contributed by atoms with Crippen molar-refractivity contribution in [3.05, 3.63) is 102 Å². The molecule has 296 valence electrons. The highest BCUT2D eigenvalue weighted by atomic mass is 16.5. The monoisotopic (exact) mass is 769 g/mol. The fourth-order valence-electron chi connectivity index (χ4n) is 9.51. The number of hydrogen-bond donors (Lipinski definition) is 3. The number of ether oxygens (including phenoxy) is 2. The van der Waals surface area contributed by atoms with Gasteiger partial charge in [0.2, 0.25) is 11.8 Å². The van der Waals surface area contributed by atoms with Crippen LogP contribution in [-0.2, 0) is 25.6 Å². The van der Waals surface area contributed by atoms with Gasteiger partial charge in [-0.3, -0.25) is 19.6 Å². The van der Waals surface area contributed by atoms with Gasteiger partial charge in [0.15, 0.2) is 0 Å². The SMILES string of the molecule is COC(=O)N[C@H](C(=O)N1C[C@@H](OC)C[C@H]1c1ncc(-c2ccc(-c3ccc(C4=CN=C([C@@H]5C6CCC(C6)[C@H]5C(=O)NCc5cccnc5)C4)cc3)cc2)[nH]1)C(C)C. The first-order valence-corrected chi connectivity index (χ1v) is 20.1. The predicted octanol–water partition coefficient (Wildman–Crippen LogP) is 6.97. The molecular formula is C45H51N7O5. The summed E-state index contributed by atoms with van der Waals surface area (Å²) in [5, 5.41) is 5.90. The minimum absolute atomic E-state index is 0.0189. The Morgan fingerprint density at radius 3 is 2.32 bits per heavy atom. The van der Waals surface area contributed by atoms with Gasteiger partial charge >= 0.3 is 6.09 Å². The van der Waals surface area contributed by atoms with E-state index in [0.29, 0.717) is 37.2 Å². The summed E-state index contributed by atoms with van der Waals surface area (Å²) in [5.41, 5.74) is 8.54. The Hall–Kier alpha value is -5.62. The number of hydrogen-bond acceptors (Lipinski definition) is 8. The molecule has 4 aliphatic rings. The number of carbonyl (C=O) groups is 3. The number of aromatic amines is 1. The van der Waals surface area contributed by atoms with E-state index >= 15 is 0 Å². The molecule has 7 atom stereocenters. The maximum absolute atomic E-state index is 13.7. The van der Waals surface area contributed by atoms with Gasteiger partial charge in [-0.25, -0.2) is 9.78 Å². The zero-order valence-electron chi connectivity index (χ0n) is 33.0. The Morgan fingerprint density at radius 2 is 1.63 bits per heavy atom. The summed E-state index contributed by atoms with van der Waals surface area (Å²) < 4.78 is 10.4. The zero-order chi connectivity index (χ0) is 39.6. The number of aromatic nitrogens is 3. The minimum Gasteiger partial charge on any atom is -0.453 e. The van der Waals surface area contributed by atoms with E-state index < -0.39 is 12.1 Å². The summed E-state index contributed by atoms with van der Waals surface area (Å²) in [6.07, 6.45) is 11.3. The molecule has 3 fully saturated rings. The molecule has 2 aromatic carbocycles. The van der Waals surface area contributed by atoms with Crippen LogP contribution in [-0.4, -0.2) is 76.4 Å². The highest BCUT2D eigenvalue weighted by Gasteiger charge is 2.52. The van der Waals surface area contributed by atoms with Crippen LogP contribution in [0.25, 0.3) is 28.0 Å². The first kappa shape index (κ1) is 38.3. The summed E-state index contributed by atoms with van der Waals surface area (Å²) in [7, 11) is 2.93. The fraction of sp³-hybridized carbons (Fsp3) is 0.422. The van der Waals surface area contributed by atoms with Crippen molar-refractivity contribution in [2.45, 2.75) is 70.7 Å². The standard InChI is InChI=1S/C45H51N7O5/c1-26(2)41(51-45(55)57-4)44(54)52-25-35(56-3)20-38(52)42-48-24-37(50-42)31-13-11-29(12-14-31)28-7-9-30(10-8-28)34-19-36(47-23-34)39-32-15-16-33(18-32)40(39)43(53)49-22-27-6-5-17-46-21-27/h5-14,17,21,23-24,26,32-33,35,38-41H,15-16,18-20,22,25H2,1-4H3,(H,48,50)(H,49,53)(H,51,55)/t32?,33?,35-,38-,39-,40+,41-/m0/s1. The molecule has 57 heavy (non-hydrogen) atoms. The lowest BCUT2D eigenvalue weighted by Gasteiger charge is -2.30. The van der Waals surface area contributed by atoms with Crippen LogP contribution in [0.15, 0.2) is 90.4 Å². The molecule has 2 aliphatic carbocycles. The second-order valence-corrected chi connectivity index (χ2v) is 16.2. The third-order valence-electron chi connectivity index (χ3n) is 12.5.